The highest BCUT2D eigenvalue weighted by atomic mass is 16.5. The zero-order valence-corrected chi connectivity index (χ0v) is 12.5. The Morgan fingerprint density at radius 2 is 1.84 bits per heavy atom. The molecular formula is C17H25NO. The normalized spacial score (nSPS) is 35.4. The quantitative estimate of drug-likeness (QED) is 0.872. The topological polar surface area (TPSA) is 21.3 Å². The number of nitrogens with one attached hydrogen (secondary N) is 1. The molecule has 1 aromatic carbocycles. The van der Waals surface area contributed by atoms with Crippen LogP contribution < -0.4 is 10.1 Å². The third kappa shape index (κ3) is 1.76. The first kappa shape index (κ1) is 12.8. The van der Waals surface area contributed by atoms with Crippen LogP contribution in [0.2, 0.25) is 0 Å². The molecular weight excluding hydrogens is 234 g/mol. The van der Waals surface area contributed by atoms with Crippen molar-refractivity contribution in [3.05, 3.63) is 24.3 Å². The standard InChI is InChI=1S/C17H25NO/c1-16(2)12-9-10-17(16,3)15(11-12)18-13-5-7-14(19-4)8-6-13/h5-8,12,15,18H,9-11H2,1-4H3/t12-,15?,17+/m1/s1. The lowest BCUT2D eigenvalue weighted by Crippen LogP contribution is -2.40. The van der Waals surface area contributed by atoms with Crippen LogP contribution in [0.5, 0.6) is 5.75 Å². The van der Waals surface area contributed by atoms with Crippen LogP contribution in [0.4, 0.5) is 5.69 Å². The summed E-state index contributed by atoms with van der Waals surface area (Å²) < 4.78 is 5.21. The van der Waals surface area contributed by atoms with Crippen molar-refractivity contribution in [1.82, 2.24) is 0 Å². The van der Waals surface area contributed by atoms with Gasteiger partial charge >= 0.3 is 0 Å². The molecule has 2 aliphatic carbocycles. The van der Waals surface area contributed by atoms with Crippen LogP contribution in [-0.2, 0) is 0 Å². The predicted molar refractivity (Wildman–Crippen MR) is 79.6 cm³/mol. The van der Waals surface area contributed by atoms with Crippen molar-refractivity contribution in [2.24, 2.45) is 16.7 Å². The van der Waals surface area contributed by atoms with Crippen LogP contribution in [0.3, 0.4) is 0 Å². The van der Waals surface area contributed by atoms with E-state index in [0.717, 1.165) is 11.7 Å². The average molecular weight is 259 g/mol. The summed E-state index contributed by atoms with van der Waals surface area (Å²) in [6, 6.07) is 8.92. The maximum atomic E-state index is 5.21. The number of hydrogen-bond acceptors (Lipinski definition) is 2. The molecule has 1 N–H and O–H groups in total. The fourth-order valence-electron chi connectivity index (χ4n) is 4.31. The van der Waals surface area contributed by atoms with Gasteiger partial charge in [0, 0.05) is 11.7 Å². The Kier molecular flexibility index (Phi) is 2.81. The first-order valence-electron chi connectivity index (χ1n) is 7.38. The fourth-order valence-corrected chi connectivity index (χ4v) is 4.31. The van der Waals surface area contributed by atoms with Gasteiger partial charge in [-0.25, -0.2) is 0 Å². The molecule has 0 aliphatic heterocycles. The highest BCUT2D eigenvalue weighted by Gasteiger charge is 2.61. The first-order chi connectivity index (χ1) is 8.97. The summed E-state index contributed by atoms with van der Waals surface area (Å²) in [5.74, 6) is 1.80. The van der Waals surface area contributed by atoms with Crippen LogP contribution >= 0.6 is 0 Å². The van der Waals surface area contributed by atoms with E-state index in [2.05, 4.69) is 38.2 Å². The Labute approximate surface area is 116 Å². The van der Waals surface area contributed by atoms with Gasteiger partial charge in [0.1, 0.15) is 5.75 Å². The zero-order chi connectivity index (χ0) is 13.7. The van der Waals surface area contributed by atoms with Crippen molar-refractivity contribution in [3.63, 3.8) is 0 Å². The number of fused-ring (bicyclic) bond motifs is 2. The van der Waals surface area contributed by atoms with E-state index >= 15 is 0 Å². The minimum atomic E-state index is 0.428. The smallest absolute Gasteiger partial charge is 0.119 e. The molecule has 104 valence electrons. The summed E-state index contributed by atoms with van der Waals surface area (Å²) in [4.78, 5) is 0. The fraction of sp³-hybridized carbons (Fsp3) is 0.647. The average Bonchev–Trinajstić information content (AvgIpc) is 2.73. The molecule has 0 spiro atoms. The van der Waals surface area contributed by atoms with E-state index < -0.39 is 0 Å². The minimum absolute atomic E-state index is 0.428. The summed E-state index contributed by atoms with van der Waals surface area (Å²) in [6.45, 7) is 7.39. The predicted octanol–water partition coefficient (Wildman–Crippen LogP) is 4.32. The molecule has 3 rings (SSSR count). The van der Waals surface area contributed by atoms with Crippen molar-refractivity contribution < 1.29 is 4.74 Å². The van der Waals surface area contributed by atoms with Crippen molar-refractivity contribution in [1.29, 1.82) is 0 Å². The molecule has 0 aromatic heterocycles. The Morgan fingerprint density at radius 1 is 1.16 bits per heavy atom. The third-order valence-corrected chi connectivity index (χ3v) is 6.22. The number of ether oxygens (including phenoxy) is 1. The molecule has 3 atom stereocenters. The lowest BCUT2D eigenvalue weighted by atomic mass is 9.69. The van der Waals surface area contributed by atoms with Gasteiger partial charge in [0.05, 0.1) is 7.11 Å². The molecule has 2 heteroatoms. The number of rotatable bonds is 3. The monoisotopic (exact) mass is 259 g/mol. The molecule has 2 fully saturated rings. The lowest BCUT2D eigenvalue weighted by molar-refractivity contribution is 0.142. The second-order valence-electron chi connectivity index (χ2n) is 7.04. The van der Waals surface area contributed by atoms with E-state index in [-0.39, 0.29) is 0 Å². The lowest BCUT2D eigenvalue weighted by Gasteiger charge is -2.40. The van der Waals surface area contributed by atoms with Gasteiger partial charge in [0.15, 0.2) is 0 Å². The van der Waals surface area contributed by atoms with E-state index in [0.29, 0.717) is 16.9 Å². The second-order valence-corrected chi connectivity index (χ2v) is 7.04. The summed E-state index contributed by atoms with van der Waals surface area (Å²) in [6.07, 6.45) is 4.08. The molecule has 0 saturated heterocycles. The molecule has 2 aliphatic rings. The molecule has 1 aromatic rings. The van der Waals surface area contributed by atoms with E-state index in [1.165, 1.54) is 24.9 Å². The Balaban J connectivity index is 1.78. The van der Waals surface area contributed by atoms with E-state index in [4.69, 9.17) is 4.74 Å². The summed E-state index contributed by atoms with van der Waals surface area (Å²) in [5, 5.41) is 3.76. The van der Waals surface area contributed by atoms with Crippen molar-refractivity contribution in [3.8, 4) is 5.75 Å². The Morgan fingerprint density at radius 3 is 2.32 bits per heavy atom. The van der Waals surface area contributed by atoms with Crippen molar-refractivity contribution in [2.45, 2.75) is 46.1 Å². The van der Waals surface area contributed by atoms with Crippen LogP contribution in [0, 0.1) is 16.7 Å². The first-order valence-corrected chi connectivity index (χ1v) is 7.38. The molecule has 0 heterocycles. The third-order valence-electron chi connectivity index (χ3n) is 6.22. The van der Waals surface area contributed by atoms with Crippen molar-refractivity contribution >= 4 is 5.69 Å². The van der Waals surface area contributed by atoms with Crippen LogP contribution in [0.15, 0.2) is 24.3 Å². The van der Waals surface area contributed by atoms with Crippen LogP contribution in [-0.4, -0.2) is 13.2 Å². The van der Waals surface area contributed by atoms with Gasteiger partial charge < -0.3 is 10.1 Å². The maximum Gasteiger partial charge on any atom is 0.119 e. The van der Waals surface area contributed by atoms with Crippen LogP contribution in [0.25, 0.3) is 0 Å². The van der Waals surface area contributed by atoms with Crippen molar-refractivity contribution in [2.75, 3.05) is 12.4 Å². The SMILES string of the molecule is COc1ccc(NC2C[C@H]3CC[C@]2(C)C3(C)C)cc1. The maximum absolute atomic E-state index is 5.21. The Hall–Kier alpha value is -1.18. The largest absolute Gasteiger partial charge is 0.497 e. The number of methoxy groups -OCH3 is 1. The van der Waals surface area contributed by atoms with E-state index in [1.54, 1.807) is 7.11 Å². The molecule has 2 bridgehead atoms. The van der Waals surface area contributed by atoms with Gasteiger partial charge in [-0.3, -0.25) is 0 Å². The van der Waals surface area contributed by atoms with Gasteiger partial charge in [-0.05, 0) is 60.3 Å². The van der Waals surface area contributed by atoms with Gasteiger partial charge in [-0.2, -0.15) is 0 Å². The summed E-state index contributed by atoms with van der Waals surface area (Å²) >= 11 is 0. The highest BCUT2D eigenvalue weighted by Crippen LogP contribution is 2.65. The number of benzene rings is 1. The summed E-state index contributed by atoms with van der Waals surface area (Å²) in [5.41, 5.74) is 2.12. The van der Waals surface area contributed by atoms with Gasteiger partial charge in [0.25, 0.3) is 0 Å². The van der Waals surface area contributed by atoms with E-state index in [9.17, 15) is 0 Å². The van der Waals surface area contributed by atoms with Gasteiger partial charge in [0.2, 0.25) is 0 Å². The second kappa shape index (κ2) is 4.16. The molecule has 2 nitrogen and oxygen atoms in total. The Bertz CT molecular complexity index is 465. The molecule has 2 saturated carbocycles. The molecule has 1 unspecified atom stereocenters. The van der Waals surface area contributed by atoms with E-state index in [1.807, 2.05) is 12.1 Å². The molecule has 0 radical (unpaired) electrons. The zero-order valence-electron chi connectivity index (χ0n) is 12.5. The summed E-state index contributed by atoms with van der Waals surface area (Å²) in [7, 11) is 1.71. The van der Waals surface area contributed by atoms with Gasteiger partial charge in [-0.15, -0.1) is 0 Å². The van der Waals surface area contributed by atoms with Crippen LogP contribution in [0.1, 0.15) is 40.0 Å². The minimum Gasteiger partial charge on any atom is -0.497 e. The highest BCUT2D eigenvalue weighted by molar-refractivity contribution is 5.48. The molecule has 19 heavy (non-hydrogen) atoms. The van der Waals surface area contributed by atoms with Gasteiger partial charge in [-0.1, -0.05) is 20.8 Å². The number of anilines is 1. The molecule has 0 amide bonds. The number of hydrogen-bond donors (Lipinski definition) is 1.